The van der Waals surface area contributed by atoms with Crippen molar-refractivity contribution >= 4 is 5.78 Å². The van der Waals surface area contributed by atoms with Crippen molar-refractivity contribution in [1.82, 2.24) is 0 Å². The number of nitrogens with two attached hydrogens (primary N) is 1. The van der Waals surface area contributed by atoms with Gasteiger partial charge < -0.3 is 19.9 Å². The molecule has 106 valence electrons. The lowest BCUT2D eigenvalue weighted by Crippen LogP contribution is -2.34. The van der Waals surface area contributed by atoms with Gasteiger partial charge >= 0.3 is 0 Å². The minimum absolute atomic E-state index is 0.0632. The number of ether oxygens (including phenoxy) is 3. The highest BCUT2D eigenvalue weighted by atomic mass is 16.5. The number of benzene rings is 1. The molecule has 1 aromatic carbocycles. The minimum Gasteiger partial charge on any atom is -0.493 e. The molecule has 0 aliphatic carbocycles. The number of hydrogen-bond acceptors (Lipinski definition) is 5. The summed E-state index contributed by atoms with van der Waals surface area (Å²) in [6.07, 6.45) is 0.242. The molecule has 1 aromatic rings. The normalized spacial score (nSPS) is 11.1. The van der Waals surface area contributed by atoms with Gasteiger partial charge in [0.05, 0.1) is 21.3 Å². The maximum atomic E-state index is 12.2. The van der Waals surface area contributed by atoms with Gasteiger partial charge in [0.25, 0.3) is 0 Å². The molecule has 0 heterocycles. The quantitative estimate of drug-likeness (QED) is 0.798. The summed E-state index contributed by atoms with van der Waals surface area (Å²) in [5, 5.41) is 0. The van der Waals surface area contributed by atoms with Crippen LogP contribution < -0.4 is 19.9 Å². The van der Waals surface area contributed by atoms with Crippen molar-refractivity contribution in [1.29, 1.82) is 0 Å². The lowest BCUT2D eigenvalue weighted by molar-refractivity contribution is 0.0959. The van der Waals surface area contributed by atoms with E-state index in [1.807, 2.05) is 13.8 Å². The van der Waals surface area contributed by atoms with Crippen molar-refractivity contribution < 1.29 is 19.0 Å². The molecule has 0 spiro atoms. The predicted octanol–water partition coefficient (Wildman–Crippen LogP) is 2.02. The zero-order chi connectivity index (χ0) is 14.6. The Balaban J connectivity index is 3.19. The van der Waals surface area contributed by atoms with Crippen molar-refractivity contribution in [3.8, 4) is 17.2 Å². The lowest BCUT2D eigenvalue weighted by atomic mass is 9.95. The first-order valence-corrected chi connectivity index (χ1v) is 5.94. The van der Waals surface area contributed by atoms with Gasteiger partial charge in [-0.05, 0) is 26.0 Å². The van der Waals surface area contributed by atoms with E-state index in [2.05, 4.69) is 0 Å². The van der Waals surface area contributed by atoms with Crippen LogP contribution in [0.25, 0.3) is 0 Å². The van der Waals surface area contributed by atoms with Crippen LogP contribution in [0.1, 0.15) is 30.6 Å². The molecule has 0 saturated heterocycles. The van der Waals surface area contributed by atoms with Gasteiger partial charge in [-0.3, -0.25) is 4.79 Å². The largest absolute Gasteiger partial charge is 0.493 e. The Hall–Kier alpha value is -1.75. The Labute approximate surface area is 113 Å². The number of carbonyl (C=O) groups excluding carboxylic acids is 1. The number of methoxy groups -OCH3 is 3. The Kier molecular flexibility index (Phi) is 4.78. The van der Waals surface area contributed by atoms with Crippen LogP contribution in [-0.2, 0) is 0 Å². The summed E-state index contributed by atoms with van der Waals surface area (Å²) in [5.74, 6) is 1.32. The maximum absolute atomic E-state index is 12.2. The first-order chi connectivity index (χ1) is 8.82. The van der Waals surface area contributed by atoms with Crippen LogP contribution in [0.2, 0.25) is 0 Å². The SMILES string of the molecule is COc1cc(C(=O)CC(C)(C)N)cc(OC)c1OC. The fourth-order valence-corrected chi connectivity index (χ4v) is 1.76. The Morgan fingerprint density at radius 2 is 1.58 bits per heavy atom. The molecule has 19 heavy (non-hydrogen) atoms. The van der Waals surface area contributed by atoms with Crippen LogP contribution in [0.3, 0.4) is 0 Å². The van der Waals surface area contributed by atoms with E-state index < -0.39 is 5.54 Å². The predicted molar refractivity (Wildman–Crippen MR) is 73.3 cm³/mol. The second kappa shape index (κ2) is 5.93. The Morgan fingerprint density at radius 3 is 1.89 bits per heavy atom. The van der Waals surface area contributed by atoms with Crippen LogP contribution in [0.4, 0.5) is 0 Å². The van der Waals surface area contributed by atoms with Crippen LogP contribution in [0.15, 0.2) is 12.1 Å². The van der Waals surface area contributed by atoms with Crippen molar-refractivity contribution in [3.63, 3.8) is 0 Å². The standard InChI is InChI=1S/C14H21NO4/c1-14(2,15)8-10(16)9-6-11(17-3)13(19-5)12(7-9)18-4/h6-7H,8,15H2,1-5H3. The van der Waals surface area contributed by atoms with E-state index in [1.54, 1.807) is 12.1 Å². The highest BCUT2D eigenvalue weighted by Gasteiger charge is 2.21. The van der Waals surface area contributed by atoms with Crippen molar-refractivity contribution in [2.24, 2.45) is 5.73 Å². The topological polar surface area (TPSA) is 70.8 Å². The van der Waals surface area contributed by atoms with E-state index >= 15 is 0 Å². The molecule has 0 amide bonds. The molecule has 0 radical (unpaired) electrons. The summed E-state index contributed by atoms with van der Waals surface area (Å²) in [6.45, 7) is 3.62. The van der Waals surface area contributed by atoms with Gasteiger partial charge in [0.15, 0.2) is 17.3 Å². The molecule has 0 aromatic heterocycles. The molecule has 0 fully saturated rings. The molecule has 0 aliphatic heterocycles. The molecule has 0 saturated carbocycles. The van der Waals surface area contributed by atoms with Gasteiger partial charge in [-0.1, -0.05) is 0 Å². The van der Waals surface area contributed by atoms with Gasteiger partial charge in [-0.2, -0.15) is 0 Å². The lowest BCUT2D eigenvalue weighted by Gasteiger charge is -2.18. The van der Waals surface area contributed by atoms with Gasteiger partial charge in [-0.15, -0.1) is 0 Å². The molecule has 0 unspecified atom stereocenters. The smallest absolute Gasteiger partial charge is 0.203 e. The van der Waals surface area contributed by atoms with E-state index in [4.69, 9.17) is 19.9 Å². The minimum atomic E-state index is -0.558. The van der Waals surface area contributed by atoms with Crippen LogP contribution in [0.5, 0.6) is 17.2 Å². The van der Waals surface area contributed by atoms with Gasteiger partial charge in [0, 0.05) is 17.5 Å². The Bertz CT molecular complexity index is 438. The fraction of sp³-hybridized carbons (Fsp3) is 0.500. The monoisotopic (exact) mass is 267 g/mol. The van der Waals surface area contributed by atoms with E-state index in [0.717, 1.165) is 0 Å². The van der Waals surface area contributed by atoms with Gasteiger partial charge in [0.2, 0.25) is 5.75 Å². The van der Waals surface area contributed by atoms with Crippen LogP contribution in [0, 0.1) is 0 Å². The fourth-order valence-electron chi connectivity index (χ4n) is 1.76. The number of rotatable bonds is 6. The third kappa shape index (κ3) is 3.86. The molecule has 5 heteroatoms. The van der Waals surface area contributed by atoms with Crippen molar-refractivity contribution in [2.75, 3.05) is 21.3 Å². The number of carbonyl (C=O) groups is 1. The summed E-state index contributed by atoms with van der Waals surface area (Å²) in [6, 6.07) is 3.27. The number of ketones is 1. The zero-order valence-electron chi connectivity index (χ0n) is 12.1. The molecule has 2 N–H and O–H groups in total. The van der Waals surface area contributed by atoms with Crippen molar-refractivity contribution in [3.05, 3.63) is 17.7 Å². The first-order valence-electron chi connectivity index (χ1n) is 5.94. The third-order valence-electron chi connectivity index (χ3n) is 2.60. The number of Topliss-reactive ketones (excluding diaryl/α,β-unsaturated/α-hetero) is 1. The van der Waals surface area contributed by atoms with Crippen molar-refractivity contribution in [2.45, 2.75) is 25.8 Å². The summed E-state index contributed by atoms with van der Waals surface area (Å²) >= 11 is 0. The molecular formula is C14H21NO4. The van der Waals surface area contributed by atoms with Gasteiger partial charge in [0.1, 0.15) is 0 Å². The van der Waals surface area contributed by atoms with E-state index in [9.17, 15) is 4.79 Å². The molecule has 0 atom stereocenters. The zero-order valence-corrected chi connectivity index (χ0v) is 12.1. The van der Waals surface area contributed by atoms with E-state index in [0.29, 0.717) is 22.8 Å². The summed E-state index contributed by atoms with van der Waals surface area (Å²) in [5.41, 5.74) is 5.80. The summed E-state index contributed by atoms with van der Waals surface area (Å²) in [7, 11) is 4.54. The molecule has 5 nitrogen and oxygen atoms in total. The Morgan fingerprint density at radius 1 is 1.11 bits per heavy atom. The molecule has 1 rings (SSSR count). The van der Waals surface area contributed by atoms with E-state index in [1.165, 1.54) is 21.3 Å². The maximum Gasteiger partial charge on any atom is 0.203 e. The highest BCUT2D eigenvalue weighted by Crippen LogP contribution is 2.38. The highest BCUT2D eigenvalue weighted by molar-refractivity contribution is 5.98. The number of hydrogen-bond donors (Lipinski definition) is 1. The van der Waals surface area contributed by atoms with Crippen LogP contribution >= 0.6 is 0 Å². The molecule has 0 bridgehead atoms. The molecule has 0 aliphatic rings. The third-order valence-corrected chi connectivity index (χ3v) is 2.60. The van der Waals surface area contributed by atoms with E-state index in [-0.39, 0.29) is 12.2 Å². The second-order valence-electron chi connectivity index (χ2n) is 5.00. The summed E-state index contributed by atoms with van der Waals surface area (Å²) < 4.78 is 15.6. The molecular weight excluding hydrogens is 246 g/mol. The average Bonchev–Trinajstić information content (AvgIpc) is 2.34. The average molecular weight is 267 g/mol. The van der Waals surface area contributed by atoms with Gasteiger partial charge in [-0.25, -0.2) is 0 Å². The second-order valence-corrected chi connectivity index (χ2v) is 5.00. The first kappa shape index (κ1) is 15.3. The van der Waals surface area contributed by atoms with Crippen LogP contribution in [-0.4, -0.2) is 32.7 Å². The summed E-state index contributed by atoms with van der Waals surface area (Å²) in [4.78, 5) is 12.2.